The maximum atomic E-state index is 5.27. The second-order valence-electron chi connectivity index (χ2n) is 3.00. The molecule has 0 radical (unpaired) electrons. The molecule has 1 aromatic heterocycles. The van der Waals surface area contributed by atoms with Crippen LogP contribution in [0, 0.1) is 10.5 Å². The SMILES string of the molecule is Cc1nnc(SCc2ccc(I)cc2)o1. The normalized spacial score (nSPS) is 10.5. The minimum Gasteiger partial charge on any atom is -0.416 e. The molecule has 0 spiro atoms. The molecule has 3 nitrogen and oxygen atoms in total. The van der Waals surface area contributed by atoms with Gasteiger partial charge in [0.1, 0.15) is 0 Å². The van der Waals surface area contributed by atoms with Gasteiger partial charge in [0.25, 0.3) is 5.22 Å². The lowest BCUT2D eigenvalue weighted by Gasteiger charge is -1.97. The predicted octanol–water partition coefficient (Wildman–Crippen LogP) is 3.27. The van der Waals surface area contributed by atoms with Gasteiger partial charge in [-0.3, -0.25) is 0 Å². The lowest BCUT2D eigenvalue weighted by molar-refractivity contribution is 0.429. The van der Waals surface area contributed by atoms with Gasteiger partial charge in [-0.1, -0.05) is 23.9 Å². The van der Waals surface area contributed by atoms with Crippen LogP contribution < -0.4 is 0 Å². The van der Waals surface area contributed by atoms with E-state index in [1.807, 2.05) is 0 Å². The number of rotatable bonds is 3. The average molecular weight is 332 g/mol. The summed E-state index contributed by atoms with van der Waals surface area (Å²) in [6.07, 6.45) is 0. The number of thioether (sulfide) groups is 1. The topological polar surface area (TPSA) is 38.9 Å². The summed E-state index contributed by atoms with van der Waals surface area (Å²) in [5, 5.41) is 8.33. The summed E-state index contributed by atoms with van der Waals surface area (Å²) in [7, 11) is 0. The van der Waals surface area contributed by atoms with Crippen LogP contribution in [0.15, 0.2) is 33.9 Å². The number of halogens is 1. The van der Waals surface area contributed by atoms with Gasteiger partial charge in [0.2, 0.25) is 5.89 Å². The zero-order valence-corrected chi connectivity index (χ0v) is 11.1. The summed E-state index contributed by atoms with van der Waals surface area (Å²) < 4.78 is 6.51. The monoisotopic (exact) mass is 332 g/mol. The van der Waals surface area contributed by atoms with Gasteiger partial charge in [-0.15, -0.1) is 10.2 Å². The fourth-order valence-electron chi connectivity index (χ4n) is 1.06. The van der Waals surface area contributed by atoms with Crippen LogP contribution in [0.2, 0.25) is 0 Å². The minimum absolute atomic E-state index is 0.611. The van der Waals surface area contributed by atoms with Crippen LogP contribution >= 0.6 is 34.4 Å². The average Bonchev–Trinajstić information content (AvgIpc) is 2.64. The van der Waals surface area contributed by atoms with Crippen LogP contribution in [0.4, 0.5) is 0 Å². The molecular weight excluding hydrogens is 323 g/mol. The van der Waals surface area contributed by atoms with Crippen molar-refractivity contribution in [2.24, 2.45) is 0 Å². The van der Waals surface area contributed by atoms with Crippen LogP contribution in [-0.4, -0.2) is 10.2 Å². The Balaban J connectivity index is 1.96. The van der Waals surface area contributed by atoms with Gasteiger partial charge in [-0.25, -0.2) is 0 Å². The highest BCUT2D eigenvalue weighted by molar-refractivity contribution is 14.1. The van der Waals surface area contributed by atoms with Gasteiger partial charge >= 0.3 is 0 Å². The Morgan fingerprint density at radius 1 is 1.27 bits per heavy atom. The van der Waals surface area contributed by atoms with Gasteiger partial charge in [0.05, 0.1) is 0 Å². The number of hydrogen-bond acceptors (Lipinski definition) is 4. The van der Waals surface area contributed by atoms with Gasteiger partial charge < -0.3 is 4.42 Å². The van der Waals surface area contributed by atoms with Crippen molar-refractivity contribution in [2.75, 3.05) is 0 Å². The van der Waals surface area contributed by atoms with E-state index in [-0.39, 0.29) is 0 Å². The Morgan fingerprint density at radius 2 is 2.00 bits per heavy atom. The van der Waals surface area contributed by atoms with Crippen molar-refractivity contribution in [1.82, 2.24) is 10.2 Å². The first-order valence-electron chi connectivity index (χ1n) is 4.41. The number of nitrogens with zero attached hydrogens (tertiary/aromatic N) is 2. The molecule has 0 saturated carbocycles. The molecule has 1 heterocycles. The third-order valence-electron chi connectivity index (χ3n) is 1.78. The summed E-state index contributed by atoms with van der Waals surface area (Å²) in [5.74, 6) is 1.47. The highest BCUT2D eigenvalue weighted by Crippen LogP contribution is 2.21. The predicted molar refractivity (Wildman–Crippen MR) is 67.8 cm³/mol. The van der Waals surface area contributed by atoms with E-state index >= 15 is 0 Å². The molecule has 0 aliphatic rings. The first-order valence-corrected chi connectivity index (χ1v) is 6.48. The lowest BCUT2D eigenvalue weighted by atomic mass is 10.2. The molecule has 0 fully saturated rings. The molecule has 0 atom stereocenters. The van der Waals surface area contributed by atoms with Crippen molar-refractivity contribution in [2.45, 2.75) is 17.9 Å². The van der Waals surface area contributed by atoms with Crippen LogP contribution in [0.3, 0.4) is 0 Å². The smallest absolute Gasteiger partial charge is 0.276 e. The molecule has 0 unspecified atom stereocenters. The van der Waals surface area contributed by atoms with Crippen LogP contribution in [0.5, 0.6) is 0 Å². The molecule has 78 valence electrons. The molecule has 5 heteroatoms. The maximum absolute atomic E-state index is 5.27. The van der Waals surface area contributed by atoms with Crippen molar-refractivity contribution < 1.29 is 4.42 Å². The van der Waals surface area contributed by atoms with Crippen LogP contribution in [0.1, 0.15) is 11.5 Å². The largest absolute Gasteiger partial charge is 0.416 e. The third-order valence-corrected chi connectivity index (χ3v) is 3.39. The maximum Gasteiger partial charge on any atom is 0.276 e. The summed E-state index contributed by atoms with van der Waals surface area (Å²) in [5.41, 5.74) is 1.26. The van der Waals surface area contributed by atoms with E-state index in [0.717, 1.165) is 5.75 Å². The third kappa shape index (κ3) is 3.20. The van der Waals surface area contributed by atoms with Crippen LogP contribution in [-0.2, 0) is 5.75 Å². The molecule has 0 amide bonds. The zero-order valence-electron chi connectivity index (χ0n) is 8.11. The van der Waals surface area contributed by atoms with E-state index in [1.165, 1.54) is 9.13 Å². The molecule has 0 saturated heterocycles. The molecule has 15 heavy (non-hydrogen) atoms. The van der Waals surface area contributed by atoms with E-state index in [1.54, 1.807) is 18.7 Å². The molecular formula is C10H9IN2OS. The Morgan fingerprint density at radius 3 is 2.60 bits per heavy atom. The standard InChI is InChI=1S/C10H9IN2OS/c1-7-12-13-10(14-7)15-6-8-2-4-9(11)5-3-8/h2-5H,6H2,1H3. The summed E-state index contributed by atoms with van der Waals surface area (Å²) in [6.45, 7) is 1.79. The van der Waals surface area contributed by atoms with Gasteiger partial charge in [0, 0.05) is 16.2 Å². The van der Waals surface area contributed by atoms with Crippen molar-refractivity contribution in [1.29, 1.82) is 0 Å². The van der Waals surface area contributed by atoms with E-state index in [9.17, 15) is 0 Å². The Kier molecular flexibility index (Phi) is 3.63. The van der Waals surface area contributed by atoms with Gasteiger partial charge in [0.15, 0.2) is 0 Å². The van der Waals surface area contributed by atoms with Crippen molar-refractivity contribution in [3.63, 3.8) is 0 Å². The Bertz CT molecular complexity index is 441. The van der Waals surface area contributed by atoms with E-state index < -0.39 is 0 Å². The first-order chi connectivity index (χ1) is 7.24. The second-order valence-corrected chi connectivity index (χ2v) is 5.17. The highest BCUT2D eigenvalue weighted by atomic mass is 127. The van der Waals surface area contributed by atoms with E-state index in [4.69, 9.17) is 4.42 Å². The number of benzene rings is 1. The molecule has 2 rings (SSSR count). The molecule has 0 aliphatic heterocycles. The second kappa shape index (κ2) is 4.98. The van der Waals surface area contributed by atoms with Gasteiger partial charge in [-0.05, 0) is 40.3 Å². The van der Waals surface area contributed by atoms with E-state index in [2.05, 4.69) is 57.1 Å². The fourth-order valence-corrected chi connectivity index (χ4v) is 2.18. The zero-order chi connectivity index (χ0) is 10.7. The number of aryl methyl sites for hydroxylation is 1. The molecule has 0 N–H and O–H groups in total. The summed E-state index contributed by atoms with van der Waals surface area (Å²) in [4.78, 5) is 0. The first kappa shape index (κ1) is 10.9. The van der Waals surface area contributed by atoms with Crippen LogP contribution in [0.25, 0.3) is 0 Å². The highest BCUT2D eigenvalue weighted by Gasteiger charge is 2.03. The minimum atomic E-state index is 0.611. The molecule has 2 aromatic rings. The number of hydrogen-bond donors (Lipinski definition) is 0. The van der Waals surface area contributed by atoms with E-state index in [0.29, 0.717) is 11.1 Å². The summed E-state index contributed by atoms with van der Waals surface area (Å²) in [6, 6.07) is 8.40. The quantitative estimate of drug-likeness (QED) is 0.639. The molecule has 1 aromatic carbocycles. The molecule has 0 aliphatic carbocycles. The van der Waals surface area contributed by atoms with Crippen molar-refractivity contribution >= 4 is 34.4 Å². The molecule has 0 bridgehead atoms. The van der Waals surface area contributed by atoms with Gasteiger partial charge in [-0.2, -0.15) is 0 Å². The van der Waals surface area contributed by atoms with Crippen molar-refractivity contribution in [3.8, 4) is 0 Å². The van der Waals surface area contributed by atoms with Crippen molar-refractivity contribution in [3.05, 3.63) is 39.3 Å². The number of aromatic nitrogens is 2. The Hall–Kier alpha value is -0.560. The fraction of sp³-hybridized carbons (Fsp3) is 0.200. The lowest BCUT2D eigenvalue weighted by Crippen LogP contribution is -1.81. The summed E-state index contributed by atoms with van der Waals surface area (Å²) >= 11 is 3.85. The Labute approximate surface area is 106 Å².